The van der Waals surface area contributed by atoms with E-state index in [0.717, 1.165) is 18.2 Å². The smallest absolute Gasteiger partial charge is 0.146 e. The van der Waals surface area contributed by atoms with Crippen molar-refractivity contribution in [1.82, 2.24) is 20.1 Å². The van der Waals surface area contributed by atoms with Gasteiger partial charge in [-0.2, -0.15) is 0 Å². The first-order valence-corrected chi connectivity index (χ1v) is 5.81. The summed E-state index contributed by atoms with van der Waals surface area (Å²) in [5.41, 5.74) is 1.28. The van der Waals surface area contributed by atoms with Crippen molar-refractivity contribution in [2.75, 3.05) is 0 Å². The molecule has 0 amide bonds. The van der Waals surface area contributed by atoms with Gasteiger partial charge in [0.15, 0.2) is 0 Å². The third kappa shape index (κ3) is 2.71. The summed E-state index contributed by atoms with van der Waals surface area (Å²) in [5, 5.41) is 11.6. The van der Waals surface area contributed by atoms with Crippen LogP contribution in [0.2, 0.25) is 0 Å². The van der Waals surface area contributed by atoms with Gasteiger partial charge in [0.2, 0.25) is 0 Å². The van der Waals surface area contributed by atoms with Gasteiger partial charge in [-0.3, -0.25) is 0 Å². The number of aryl methyl sites for hydroxylation is 1. The van der Waals surface area contributed by atoms with Gasteiger partial charge in [0.25, 0.3) is 0 Å². The third-order valence-corrected chi connectivity index (χ3v) is 3.05. The summed E-state index contributed by atoms with van der Waals surface area (Å²) >= 11 is 0. The fraction of sp³-hybridized carbons (Fsp3) is 0.385. The fourth-order valence-electron chi connectivity index (χ4n) is 1.71. The second-order valence-corrected chi connectivity index (χ2v) is 4.24. The van der Waals surface area contributed by atoms with Crippen LogP contribution in [0.15, 0.2) is 30.3 Å². The van der Waals surface area contributed by atoms with Crippen molar-refractivity contribution in [2.24, 2.45) is 7.05 Å². The Balaban J connectivity index is 1.97. The van der Waals surface area contributed by atoms with Crippen molar-refractivity contribution in [3.8, 4) is 0 Å². The van der Waals surface area contributed by atoms with E-state index in [1.807, 2.05) is 24.6 Å². The molecular formula is C13H18N4. The molecule has 0 spiro atoms. The molecule has 1 atom stereocenters. The molecule has 2 aromatic rings. The quantitative estimate of drug-likeness (QED) is 0.873. The molecule has 0 fully saturated rings. The highest BCUT2D eigenvalue weighted by atomic mass is 15.3. The van der Waals surface area contributed by atoms with E-state index in [9.17, 15) is 0 Å². The molecule has 1 heterocycles. The Morgan fingerprint density at radius 3 is 2.53 bits per heavy atom. The third-order valence-electron chi connectivity index (χ3n) is 3.05. The normalized spacial score (nSPS) is 12.6. The molecule has 0 aliphatic rings. The van der Waals surface area contributed by atoms with Gasteiger partial charge in [-0.1, -0.05) is 30.3 Å². The second kappa shape index (κ2) is 5.10. The number of benzene rings is 1. The molecule has 0 aliphatic carbocycles. The lowest BCUT2D eigenvalue weighted by Gasteiger charge is -2.13. The van der Waals surface area contributed by atoms with Crippen molar-refractivity contribution in [2.45, 2.75) is 26.4 Å². The van der Waals surface area contributed by atoms with Gasteiger partial charge >= 0.3 is 0 Å². The molecule has 17 heavy (non-hydrogen) atoms. The molecule has 0 radical (unpaired) electrons. The number of nitrogens with zero attached hydrogens (tertiary/aromatic N) is 3. The average Bonchev–Trinajstić information content (AvgIpc) is 2.68. The molecule has 4 heteroatoms. The van der Waals surface area contributed by atoms with Crippen molar-refractivity contribution < 1.29 is 0 Å². The molecule has 2 rings (SSSR count). The second-order valence-electron chi connectivity index (χ2n) is 4.24. The minimum absolute atomic E-state index is 0.313. The van der Waals surface area contributed by atoms with Crippen LogP contribution < -0.4 is 5.32 Å². The first-order valence-electron chi connectivity index (χ1n) is 5.81. The van der Waals surface area contributed by atoms with Crippen LogP contribution in [-0.2, 0) is 13.6 Å². The highest BCUT2D eigenvalue weighted by Gasteiger charge is 2.08. The summed E-state index contributed by atoms with van der Waals surface area (Å²) in [6, 6.07) is 10.7. The molecule has 0 saturated carbocycles. The highest BCUT2D eigenvalue weighted by molar-refractivity contribution is 5.18. The van der Waals surface area contributed by atoms with Crippen LogP contribution in [0.1, 0.15) is 30.2 Å². The first-order chi connectivity index (χ1) is 8.18. The molecule has 0 bridgehead atoms. The van der Waals surface area contributed by atoms with Crippen molar-refractivity contribution in [3.05, 3.63) is 47.5 Å². The zero-order valence-corrected chi connectivity index (χ0v) is 10.5. The number of aromatic nitrogens is 3. The molecule has 1 N–H and O–H groups in total. The number of nitrogens with one attached hydrogen (secondary N) is 1. The van der Waals surface area contributed by atoms with Crippen molar-refractivity contribution in [1.29, 1.82) is 0 Å². The van der Waals surface area contributed by atoms with Crippen LogP contribution in [0.5, 0.6) is 0 Å². The van der Waals surface area contributed by atoms with E-state index in [2.05, 4.69) is 46.7 Å². The summed E-state index contributed by atoms with van der Waals surface area (Å²) in [6.07, 6.45) is 0. The van der Waals surface area contributed by atoms with Gasteiger partial charge in [-0.25, -0.2) is 0 Å². The maximum absolute atomic E-state index is 4.13. The standard InChI is InChI=1S/C13H18N4/c1-10(12-7-5-4-6-8-12)14-9-13-16-15-11(2)17(13)3/h4-8,10,14H,9H2,1-3H3/t10-/m1/s1. The lowest BCUT2D eigenvalue weighted by Crippen LogP contribution is -2.20. The molecular weight excluding hydrogens is 212 g/mol. The topological polar surface area (TPSA) is 42.7 Å². The molecule has 0 unspecified atom stereocenters. The minimum Gasteiger partial charge on any atom is -0.317 e. The Labute approximate surface area is 102 Å². The molecule has 4 nitrogen and oxygen atoms in total. The van der Waals surface area contributed by atoms with E-state index in [1.54, 1.807) is 0 Å². The van der Waals surface area contributed by atoms with Gasteiger partial charge in [0.05, 0.1) is 6.54 Å². The van der Waals surface area contributed by atoms with Gasteiger partial charge < -0.3 is 9.88 Å². The van der Waals surface area contributed by atoms with E-state index in [0.29, 0.717) is 6.04 Å². The Morgan fingerprint density at radius 2 is 1.94 bits per heavy atom. The van der Waals surface area contributed by atoms with Crippen molar-refractivity contribution in [3.63, 3.8) is 0 Å². The maximum Gasteiger partial charge on any atom is 0.146 e. The summed E-state index contributed by atoms with van der Waals surface area (Å²) in [7, 11) is 1.99. The van der Waals surface area contributed by atoms with E-state index < -0.39 is 0 Å². The Kier molecular flexibility index (Phi) is 3.54. The van der Waals surface area contributed by atoms with Gasteiger partial charge in [0.1, 0.15) is 11.6 Å². The zero-order valence-electron chi connectivity index (χ0n) is 10.5. The van der Waals surface area contributed by atoms with E-state index in [4.69, 9.17) is 0 Å². The summed E-state index contributed by atoms with van der Waals surface area (Å²) in [4.78, 5) is 0. The summed E-state index contributed by atoms with van der Waals surface area (Å²) in [5.74, 6) is 1.90. The van der Waals surface area contributed by atoms with Crippen LogP contribution in [0.4, 0.5) is 0 Å². The Hall–Kier alpha value is -1.68. The molecule has 0 saturated heterocycles. The lowest BCUT2D eigenvalue weighted by atomic mass is 10.1. The number of hydrogen-bond donors (Lipinski definition) is 1. The lowest BCUT2D eigenvalue weighted by molar-refractivity contribution is 0.547. The molecule has 0 aliphatic heterocycles. The predicted octanol–water partition coefficient (Wildman–Crippen LogP) is 1.97. The van der Waals surface area contributed by atoms with E-state index in [1.165, 1.54) is 5.56 Å². The maximum atomic E-state index is 4.13. The Bertz CT molecular complexity index is 475. The van der Waals surface area contributed by atoms with Gasteiger partial charge in [0, 0.05) is 13.1 Å². The predicted molar refractivity (Wildman–Crippen MR) is 67.4 cm³/mol. The highest BCUT2D eigenvalue weighted by Crippen LogP contribution is 2.11. The zero-order chi connectivity index (χ0) is 12.3. The van der Waals surface area contributed by atoms with Gasteiger partial charge in [-0.05, 0) is 19.4 Å². The minimum atomic E-state index is 0.313. The average molecular weight is 230 g/mol. The molecule has 1 aromatic heterocycles. The monoisotopic (exact) mass is 230 g/mol. The van der Waals surface area contributed by atoms with Crippen LogP contribution in [0, 0.1) is 6.92 Å². The van der Waals surface area contributed by atoms with Crippen molar-refractivity contribution >= 4 is 0 Å². The van der Waals surface area contributed by atoms with E-state index >= 15 is 0 Å². The van der Waals surface area contributed by atoms with Gasteiger partial charge in [-0.15, -0.1) is 10.2 Å². The molecule has 1 aromatic carbocycles. The number of rotatable bonds is 4. The van der Waals surface area contributed by atoms with E-state index in [-0.39, 0.29) is 0 Å². The van der Waals surface area contributed by atoms with Crippen LogP contribution in [0.25, 0.3) is 0 Å². The largest absolute Gasteiger partial charge is 0.317 e. The fourth-order valence-corrected chi connectivity index (χ4v) is 1.71. The summed E-state index contributed by atoms with van der Waals surface area (Å²) in [6.45, 7) is 4.84. The van der Waals surface area contributed by atoms with Crippen LogP contribution >= 0.6 is 0 Å². The first kappa shape index (κ1) is 11.8. The number of hydrogen-bond acceptors (Lipinski definition) is 3. The summed E-state index contributed by atoms with van der Waals surface area (Å²) < 4.78 is 2.00. The SMILES string of the molecule is Cc1nnc(CN[C@H](C)c2ccccc2)n1C. The Morgan fingerprint density at radius 1 is 1.24 bits per heavy atom. The van der Waals surface area contributed by atoms with Crippen LogP contribution in [0.3, 0.4) is 0 Å². The molecule has 90 valence electrons. The van der Waals surface area contributed by atoms with Crippen LogP contribution in [-0.4, -0.2) is 14.8 Å².